The van der Waals surface area contributed by atoms with E-state index in [2.05, 4.69) is 22.3 Å². The van der Waals surface area contributed by atoms with Crippen LogP contribution in [-0.2, 0) is 6.42 Å². The average Bonchev–Trinajstić information content (AvgIpc) is 2.21. The van der Waals surface area contributed by atoms with Gasteiger partial charge in [-0.2, -0.15) is 5.10 Å². The lowest BCUT2D eigenvalue weighted by Gasteiger charge is -2.18. The summed E-state index contributed by atoms with van der Waals surface area (Å²) >= 11 is 0. The molecule has 1 heterocycles. The van der Waals surface area contributed by atoms with E-state index in [4.69, 9.17) is 11.5 Å². The molecule has 4 nitrogen and oxygen atoms in total. The van der Waals surface area contributed by atoms with Gasteiger partial charge in [0.1, 0.15) is 0 Å². The number of benzene rings is 1. The van der Waals surface area contributed by atoms with Crippen LogP contribution in [0.2, 0.25) is 0 Å². The second-order valence-corrected chi connectivity index (χ2v) is 5.22. The van der Waals surface area contributed by atoms with Crippen LogP contribution in [0.25, 0.3) is 10.8 Å². The predicted molar refractivity (Wildman–Crippen MR) is 70.7 cm³/mol. The zero-order chi connectivity index (χ0) is 12.6. The van der Waals surface area contributed by atoms with Crippen LogP contribution in [-0.4, -0.2) is 15.7 Å². The predicted octanol–water partition coefficient (Wildman–Crippen LogP) is 1.80. The summed E-state index contributed by atoms with van der Waals surface area (Å²) in [7, 11) is 0. The van der Waals surface area contributed by atoms with Crippen molar-refractivity contribution in [2.45, 2.75) is 32.7 Å². The van der Waals surface area contributed by atoms with Crippen LogP contribution in [0, 0.1) is 6.92 Å². The summed E-state index contributed by atoms with van der Waals surface area (Å²) in [5, 5.41) is 9.96. The van der Waals surface area contributed by atoms with Gasteiger partial charge in [0.05, 0.1) is 5.69 Å². The number of nitrogen functional groups attached to an aromatic ring is 1. The van der Waals surface area contributed by atoms with Crippen molar-refractivity contribution < 1.29 is 0 Å². The lowest BCUT2D eigenvalue weighted by atomic mass is 9.94. The van der Waals surface area contributed by atoms with E-state index in [1.807, 2.05) is 26.8 Å². The second-order valence-electron chi connectivity index (χ2n) is 5.22. The minimum Gasteiger partial charge on any atom is -0.382 e. The monoisotopic (exact) mass is 230 g/mol. The van der Waals surface area contributed by atoms with Crippen LogP contribution < -0.4 is 11.5 Å². The fraction of sp³-hybridized carbons (Fsp3) is 0.385. The van der Waals surface area contributed by atoms with Crippen molar-refractivity contribution in [2.75, 3.05) is 5.73 Å². The Morgan fingerprint density at radius 1 is 1.18 bits per heavy atom. The first kappa shape index (κ1) is 11.8. The Morgan fingerprint density at radius 2 is 1.88 bits per heavy atom. The number of hydrogen-bond acceptors (Lipinski definition) is 4. The molecule has 1 aromatic heterocycles. The third-order valence-electron chi connectivity index (χ3n) is 2.72. The molecule has 2 rings (SSSR count). The van der Waals surface area contributed by atoms with Crippen molar-refractivity contribution in [3.8, 4) is 0 Å². The summed E-state index contributed by atoms with van der Waals surface area (Å²) in [6, 6.07) is 6.14. The number of aromatic nitrogens is 2. The van der Waals surface area contributed by atoms with E-state index in [0.717, 1.165) is 22.9 Å². The largest absolute Gasteiger partial charge is 0.382 e. The molecule has 0 bridgehead atoms. The molecule has 0 spiro atoms. The zero-order valence-corrected chi connectivity index (χ0v) is 10.5. The van der Waals surface area contributed by atoms with Crippen molar-refractivity contribution >= 4 is 16.6 Å². The highest BCUT2D eigenvalue weighted by atomic mass is 15.1. The van der Waals surface area contributed by atoms with E-state index in [0.29, 0.717) is 5.82 Å². The number of rotatable bonds is 2. The van der Waals surface area contributed by atoms with E-state index >= 15 is 0 Å². The molecule has 1 aromatic carbocycles. The number of nitrogens with two attached hydrogens (primary N) is 2. The van der Waals surface area contributed by atoms with Gasteiger partial charge in [0.25, 0.3) is 0 Å². The molecular formula is C13H18N4. The molecule has 4 heteroatoms. The summed E-state index contributed by atoms with van der Waals surface area (Å²) < 4.78 is 0. The van der Waals surface area contributed by atoms with Gasteiger partial charge in [-0.3, -0.25) is 0 Å². The van der Waals surface area contributed by atoms with Gasteiger partial charge in [-0.25, -0.2) is 0 Å². The summed E-state index contributed by atoms with van der Waals surface area (Å²) in [5.74, 6) is 0.476. The molecule has 0 amide bonds. The van der Waals surface area contributed by atoms with Gasteiger partial charge < -0.3 is 11.5 Å². The standard InChI is InChI=1S/C13H18N4/c1-8-11-6-9(7-13(2,3)15)4-5-10(11)12(14)17-16-8/h4-6H,7,15H2,1-3H3,(H2,14,17). The number of fused-ring (bicyclic) bond motifs is 1. The Balaban J connectivity index is 2.54. The molecule has 4 N–H and O–H groups in total. The number of anilines is 1. The van der Waals surface area contributed by atoms with Gasteiger partial charge in [-0.15, -0.1) is 5.10 Å². The first-order valence-electron chi connectivity index (χ1n) is 5.67. The molecular weight excluding hydrogens is 212 g/mol. The minimum absolute atomic E-state index is 0.215. The lowest BCUT2D eigenvalue weighted by molar-refractivity contribution is 0.517. The van der Waals surface area contributed by atoms with Gasteiger partial charge in [-0.05, 0) is 38.8 Å². The Hall–Kier alpha value is -1.68. The molecule has 0 atom stereocenters. The van der Waals surface area contributed by atoms with Crippen LogP contribution in [0.3, 0.4) is 0 Å². The maximum Gasteiger partial charge on any atom is 0.153 e. The normalized spacial score (nSPS) is 12.0. The molecule has 0 aliphatic rings. The summed E-state index contributed by atoms with van der Waals surface area (Å²) in [6.07, 6.45) is 0.824. The van der Waals surface area contributed by atoms with Gasteiger partial charge in [0.2, 0.25) is 0 Å². The van der Waals surface area contributed by atoms with Crippen molar-refractivity contribution in [1.29, 1.82) is 0 Å². The first-order valence-corrected chi connectivity index (χ1v) is 5.67. The van der Waals surface area contributed by atoms with Gasteiger partial charge >= 0.3 is 0 Å². The number of nitrogens with zero attached hydrogens (tertiary/aromatic N) is 2. The van der Waals surface area contributed by atoms with Crippen molar-refractivity contribution in [2.24, 2.45) is 5.73 Å². The second kappa shape index (κ2) is 3.96. The van der Waals surface area contributed by atoms with Crippen LogP contribution in [0.5, 0.6) is 0 Å². The third kappa shape index (κ3) is 2.53. The first-order chi connectivity index (χ1) is 7.87. The maximum atomic E-state index is 6.03. The molecule has 0 aliphatic carbocycles. The van der Waals surface area contributed by atoms with Crippen molar-refractivity contribution in [1.82, 2.24) is 10.2 Å². The van der Waals surface area contributed by atoms with Crippen LogP contribution >= 0.6 is 0 Å². The fourth-order valence-electron chi connectivity index (χ4n) is 1.99. The molecule has 0 saturated carbocycles. The zero-order valence-electron chi connectivity index (χ0n) is 10.5. The highest BCUT2D eigenvalue weighted by Gasteiger charge is 2.13. The Labute approximate surface area is 101 Å². The number of aryl methyl sites for hydroxylation is 1. The van der Waals surface area contributed by atoms with E-state index < -0.39 is 0 Å². The van der Waals surface area contributed by atoms with E-state index in [9.17, 15) is 0 Å². The van der Waals surface area contributed by atoms with E-state index in [1.54, 1.807) is 0 Å². The SMILES string of the molecule is Cc1nnc(N)c2ccc(CC(C)(C)N)cc12. The number of hydrogen-bond donors (Lipinski definition) is 2. The molecule has 0 radical (unpaired) electrons. The van der Waals surface area contributed by atoms with Crippen LogP contribution in [0.15, 0.2) is 18.2 Å². The van der Waals surface area contributed by atoms with Gasteiger partial charge in [-0.1, -0.05) is 12.1 Å². The van der Waals surface area contributed by atoms with Crippen LogP contribution in [0.4, 0.5) is 5.82 Å². The Kier molecular flexibility index (Phi) is 2.75. The molecule has 0 saturated heterocycles. The highest BCUT2D eigenvalue weighted by molar-refractivity contribution is 5.92. The van der Waals surface area contributed by atoms with Gasteiger partial charge in [0.15, 0.2) is 5.82 Å². The topological polar surface area (TPSA) is 77.8 Å². The molecule has 2 aromatic rings. The lowest BCUT2D eigenvalue weighted by Crippen LogP contribution is -2.34. The molecule has 17 heavy (non-hydrogen) atoms. The molecule has 0 fully saturated rings. The molecule has 90 valence electrons. The smallest absolute Gasteiger partial charge is 0.153 e. The minimum atomic E-state index is -0.215. The van der Waals surface area contributed by atoms with Gasteiger partial charge in [0, 0.05) is 16.3 Å². The highest BCUT2D eigenvalue weighted by Crippen LogP contribution is 2.23. The van der Waals surface area contributed by atoms with Crippen molar-refractivity contribution in [3.05, 3.63) is 29.5 Å². The third-order valence-corrected chi connectivity index (χ3v) is 2.72. The van der Waals surface area contributed by atoms with E-state index in [-0.39, 0.29) is 5.54 Å². The Bertz CT molecular complexity index is 555. The molecule has 0 unspecified atom stereocenters. The van der Waals surface area contributed by atoms with Crippen molar-refractivity contribution in [3.63, 3.8) is 0 Å². The van der Waals surface area contributed by atoms with E-state index in [1.165, 1.54) is 5.56 Å². The summed E-state index contributed by atoms with van der Waals surface area (Å²) in [6.45, 7) is 5.97. The quantitative estimate of drug-likeness (QED) is 0.824. The summed E-state index contributed by atoms with van der Waals surface area (Å²) in [5.41, 5.74) is 13.7. The average molecular weight is 230 g/mol. The fourth-order valence-corrected chi connectivity index (χ4v) is 1.99. The summed E-state index contributed by atoms with van der Waals surface area (Å²) in [4.78, 5) is 0. The Morgan fingerprint density at radius 3 is 2.53 bits per heavy atom. The maximum absolute atomic E-state index is 6.03. The van der Waals surface area contributed by atoms with Crippen LogP contribution in [0.1, 0.15) is 25.1 Å². The molecule has 0 aliphatic heterocycles.